The third-order valence-electron chi connectivity index (χ3n) is 2.76. The average molecular weight is 294 g/mol. The van der Waals surface area contributed by atoms with E-state index in [1.807, 2.05) is 0 Å². The molecular formula is C14H12ClNO4. The van der Waals surface area contributed by atoms with E-state index >= 15 is 0 Å². The number of para-hydroxylation sites is 1. The molecule has 0 atom stereocenters. The number of carboxylic acid groups (broad SMARTS) is 1. The maximum absolute atomic E-state index is 10.9. The summed E-state index contributed by atoms with van der Waals surface area (Å²) in [6, 6.07) is 8.33. The number of rotatable bonds is 4. The van der Waals surface area contributed by atoms with Crippen molar-refractivity contribution in [2.24, 2.45) is 0 Å². The topological polar surface area (TPSA) is 68.7 Å². The molecule has 0 aliphatic heterocycles. The van der Waals surface area contributed by atoms with Crippen LogP contribution in [-0.2, 0) is 0 Å². The largest absolute Gasteiger partial charge is 0.493 e. The molecule has 0 aliphatic rings. The van der Waals surface area contributed by atoms with Crippen LogP contribution in [0.2, 0.25) is 5.15 Å². The third kappa shape index (κ3) is 2.53. The van der Waals surface area contributed by atoms with Crippen LogP contribution in [0.3, 0.4) is 0 Å². The SMILES string of the molecule is COc1cccc(-c2ccc(C(=O)O)c(Cl)n2)c1OC. The van der Waals surface area contributed by atoms with Crippen molar-refractivity contribution in [1.29, 1.82) is 0 Å². The molecule has 1 N–H and O–H groups in total. The highest BCUT2D eigenvalue weighted by Gasteiger charge is 2.15. The van der Waals surface area contributed by atoms with Crippen molar-refractivity contribution in [2.45, 2.75) is 0 Å². The fourth-order valence-corrected chi connectivity index (χ4v) is 2.07. The van der Waals surface area contributed by atoms with Crippen LogP contribution in [0.1, 0.15) is 10.4 Å². The van der Waals surface area contributed by atoms with Crippen molar-refractivity contribution in [3.05, 3.63) is 41.0 Å². The van der Waals surface area contributed by atoms with Crippen LogP contribution in [0.15, 0.2) is 30.3 Å². The number of hydrogen-bond donors (Lipinski definition) is 1. The van der Waals surface area contributed by atoms with Gasteiger partial charge >= 0.3 is 5.97 Å². The van der Waals surface area contributed by atoms with E-state index in [1.165, 1.54) is 20.3 Å². The van der Waals surface area contributed by atoms with Gasteiger partial charge in [-0.1, -0.05) is 17.7 Å². The number of carbonyl (C=O) groups is 1. The van der Waals surface area contributed by atoms with Gasteiger partial charge in [-0.15, -0.1) is 0 Å². The summed E-state index contributed by atoms with van der Waals surface area (Å²) >= 11 is 5.88. The second kappa shape index (κ2) is 5.79. The van der Waals surface area contributed by atoms with E-state index in [-0.39, 0.29) is 10.7 Å². The molecule has 0 saturated heterocycles. The first-order chi connectivity index (χ1) is 9.58. The molecule has 0 fully saturated rings. The molecule has 0 amide bonds. The van der Waals surface area contributed by atoms with Gasteiger partial charge in [-0.25, -0.2) is 9.78 Å². The standard InChI is InChI=1S/C14H12ClNO4/c1-19-11-5-3-4-8(12(11)20-2)10-7-6-9(14(17)18)13(15)16-10/h3-7H,1-2H3,(H,17,18). The highest BCUT2D eigenvalue weighted by molar-refractivity contribution is 6.32. The first-order valence-corrected chi connectivity index (χ1v) is 6.07. The number of aromatic nitrogens is 1. The molecular weight excluding hydrogens is 282 g/mol. The Morgan fingerprint density at radius 3 is 2.50 bits per heavy atom. The normalized spacial score (nSPS) is 10.2. The van der Waals surface area contributed by atoms with Gasteiger partial charge < -0.3 is 14.6 Å². The molecule has 0 bridgehead atoms. The first-order valence-electron chi connectivity index (χ1n) is 5.69. The number of hydrogen-bond acceptors (Lipinski definition) is 4. The maximum Gasteiger partial charge on any atom is 0.338 e. The summed E-state index contributed by atoms with van der Waals surface area (Å²) in [6.45, 7) is 0. The second-order valence-corrected chi connectivity index (χ2v) is 4.24. The minimum Gasteiger partial charge on any atom is -0.493 e. The van der Waals surface area contributed by atoms with Crippen molar-refractivity contribution < 1.29 is 19.4 Å². The number of pyridine rings is 1. The Morgan fingerprint density at radius 2 is 1.95 bits per heavy atom. The lowest BCUT2D eigenvalue weighted by atomic mass is 10.1. The number of aromatic carboxylic acids is 1. The number of ether oxygens (including phenoxy) is 2. The van der Waals surface area contributed by atoms with Gasteiger partial charge in [0.15, 0.2) is 11.5 Å². The van der Waals surface area contributed by atoms with Gasteiger partial charge in [0.2, 0.25) is 0 Å². The van der Waals surface area contributed by atoms with Crippen LogP contribution in [0.25, 0.3) is 11.3 Å². The summed E-state index contributed by atoms with van der Waals surface area (Å²) in [6.07, 6.45) is 0. The van der Waals surface area contributed by atoms with E-state index in [0.717, 1.165) is 0 Å². The van der Waals surface area contributed by atoms with Crippen molar-refractivity contribution >= 4 is 17.6 Å². The predicted molar refractivity (Wildman–Crippen MR) is 74.7 cm³/mol. The Hall–Kier alpha value is -2.27. The highest BCUT2D eigenvalue weighted by Crippen LogP contribution is 2.37. The molecule has 104 valence electrons. The monoisotopic (exact) mass is 293 g/mol. The lowest BCUT2D eigenvalue weighted by Crippen LogP contribution is -2.00. The number of methoxy groups -OCH3 is 2. The smallest absolute Gasteiger partial charge is 0.338 e. The molecule has 1 heterocycles. The van der Waals surface area contributed by atoms with E-state index in [9.17, 15) is 4.79 Å². The Kier molecular flexibility index (Phi) is 4.10. The molecule has 0 spiro atoms. The van der Waals surface area contributed by atoms with Gasteiger partial charge in [-0.3, -0.25) is 0 Å². The molecule has 20 heavy (non-hydrogen) atoms. The maximum atomic E-state index is 10.9. The van der Waals surface area contributed by atoms with E-state index in [4.69, 9.17) is 26.2 Å². The van der Waals surface area contributed by atoms with E-state index in [1.54, 1.807) is 24.3 Å². The molecule has 2 rings (SSSR count). The van der Waals surface area contributed by atoms with Crippen molar-refractivity contribution in [1.82, 2.24) is 4.98 Å². The third-order valence-corrected chi connectivity index (χ3v) is 3.05. The van der Waals surface area contributed by atoms with Crippen LogP contribution >= 0.6 is 11.6 Å². The van der Waals surface area contributed by atoms with Gasteiger partial charge in [0.25, 0.3) is 0 Å². The number of benzene rings is 1. The van der Waals surface area contributed by atoms with E-state index in [2.05, 4.69) is 4.98 Å². The summed E-state index contributed by atoms with van der Waals surface area (Å²) < 4.78 is 10.5. The zero-order valence-corrected chi connectivity index (χ0v) is 11.6. The number of carboxylic acids is 1. The van der Waals surface area contributed by atoms with Gasteiger partial charge in [0, 0.05) is 5.56 Å². The Bertz CT molecular complexity index is 658. The van der Waals surface area contributed by atoms with Crippen LogP contribution in [0, 0.1) is 0 Å². The summed E-state index contributed by atoms with van der Waals surface area (Å²) in [7, 11) is 3.06. The number of nitrogens with zero attached hydrogens (tertiary/aromatic N) is 1. The lowest BCUT2D eigenvalue weighted by Gasteiger charge is -2.12. The van der Waals surface area contributed by atoms with Crippen LogP contribution in [0.4, 0.5) is 0 Å². The van der Waals surface area contributed by atoms with Gasteiger partial charge in [0.1, 0.15) is 5.15 Å². The fraction of sp³-hybridized carbons (Fsp3) is 0.143. The Morgan fingerprint density at radius 1 is 1.20 bits per heavy atom. The van der Waals surface area contributed by atoms with Crippen LogP contribution < -0.4 is 9.47 Å². The zero-order chi connectivity index (χ0) is 14.7. The molecule has 0 radical (unpaired) electrons. The second-order valence-electron chi connectivity index (χ2n) is 3.88. The highest BCUT2D eigenvalue weighted by atomic mass is 35.5. The van der Waals surface area contributed by atoms with E-state index in [0.29, 0.717) is 22.8 Å². The quantitative estimate of drug-likeness (QED) is 0.877. The minimum absolute atomic E-state index is 0.0442. The molecule has 1 aromatic heterocycles. The van der Waals surface area contributed by atoms with Gasteiger partial charge in [-0.05, 0) is 24.3 Å². The van der Waals surface area contributed by atoms with Gasteiger partial charge in [-0.2, -0.15) is 0 Å². The number of halogens is 1. The predicted octanol–water partition coefficient (Wildman–Crippen LogP) is 3.12. The Balaban J connectivity index is 2.57. The summed E-state index contributed by atoms with van der Waals surface area (Å²) in [5.41, 5.74) is 1.14. The van der Waals surface area contributed by atoms with Crippen molar-refractivity contribution in [2.75, 3.05) is 14.2 Å². The molecule has 6 heteroatoms. The fourth-order valence-electron chi connectivity index (χ4n) is 1.83. The summed E-state index contributed by atoms with van der Waals surface area (Å²) in [5.74, 6) is -0.0430. The molecule has 2 aromatic rings. The zero-order valence-electron chi connectivity index (χ0n) is 10.9. The molecule has 0 unspecified atom stereocenters. The molecule has 0 aliphatic carbocycles. The molecule has 5 nitrogen and oxygen atoms in total. The summed E-state index contributed by atoms with van der Waals surface area (Å²) in [5, 5.41) is 8.87. The Labute approximate surface area is 120 Å². The lowest BCUT2D eigenvalue weighted by molar-refractivity contribution is 0.0696. The van der Waals surface area contributed by atoms with Crippen molar-refractivity contribution in [3.8, 4) is 22.8 Å². The van der Waals surface area contributed by atoms with Gasteiger partial charge in [0.05, 0.1) is 25.5 Å². The van der Waals surface area contributed by atoms with Crippen molar-refractivity contribution in [3.63, 3.8) is 0 Å². The summed E-state index contributed by atoms with van der Waals surface area (Å²) in [4.78, 5) is 15.0. The minimum atomic E-state index is -1.12. The molecule has 1 aromatic carbocycles. The molecule has 0 saturated carbocycles. The van der Waals surface area contributed by atoms with E-state index < -0.39 is 5.97 Å². The average Bonchev–Trinajstić information content (AvgIpc) is 2.45. The first kappa shape index (κ1) is 14.1. The van der Waals surface area contributed by atoms with Crippen LogP contribution in [0.5, 0.6) is 11.5 Å². The van der Waals surface area contributed by atoms with Crippen LogP contribution in [-0.4, -0.2) is 30.3 Å².